The van der Waals surface area contributed by atoms with Crippen molar-refractivity contribution < 1.29 is 4.74 Å². The fraction of sp³-hybridized carbons (Fsp3) is 0.222. The Kier molecular flexibility index (Phi) is 3.92. The van der Waals surface area contributed by atoms with Gasteiger partial charge in [-0.1, -0.05) is 35.5 Å². The first-order valence-electron chi connectivity index (χ1n) is 7.40. The Bertz CT molecular complexity index is 746. The SMILES string of the molecule is Cc1c(-c2ccccc2)nnn1-c1ccc(OC(C)C)cc1. The van der Waals surface area contributed by atoms with Crippen molar-refractivity contribution in [3.63, 3.8) is 0 Å². The van der Waals surface area contributed by atoms with Crippen molar-refractivity contribution in [2.75, 3.05) is 0 Å². The minimum atomic E-state index is 0.170. The van der Waals surface area contributed by atoms with Gasteiger partial charge in [0.15, 0.2) is 0 Å². The van der Waals surface area contributed by atoms with Gasteiger partial charge in [0.1, 0.15) is 11.4 Å². The fourth-order valence-corrected chi connectivity index (χ4v) is 2.38. The number of hydrogen-bond acceptors (Lipinski definition) is 3. The van der Waals surface area contributed by atoms with Crippen LogP contribution in [0.2, 0.25) is 0 Å². The monoisotopic (exact) mass is 293 g/mol. The highest BCUT2D eigenvalue weighted by Gasteiger charge is 2.11. The van der Waals surface area contributed by atoms with Crippen LogP contribution in [-0.4, -0.2) is 21.1 Å². The van der Waals surface area contributed by atoms with E-state index >= 15 is 0 Å². The van der Waals surface area contributed by atoms with Crippen LogP contribution in [-0.2, 0) is 0 Å². The van der Waals surface area contributed by atoms with Gasteiger partial charge in [-0.05, 0) is 45.0 Å². The number of ether oxygens (including phenoxy) is 1. The van der Waals surface area contributed by atoms with Gasteiger partial charge < -0.3 is 4.74 Å². The summed E-state index contributed by atoms with van der Waals surface area (Å²) in [6.07, 6.45) is 0.170. The van der Waals surface area contributed by atoms with Crippen LogP contribution in [0.1, 0.15) is 19.5 Å². The Morgan fingerprint density at radius 1 is 0.955 bits per heavy atom. The molecular weight excluding hydrogens is 274 g/mol. The average molecular weight is 293 g/mol. The average Bonchev–Trinajstić information content (AvgIpc) is 2.90. The standard InChI is InChI=1S/C18H19N3O/c1-13(2)22-17-11-9-16(10-12-17)21-14(3)18(19-20-21)15-7-5-4-6-8-15/h4-13H,1-3H3. The lowest BCUT2D eigenvalue weighted by molar-refractivity contribution is 0.242. The minimum absolute atomic E-state index is 0.170. The smallest absolute Gasteiger partial charge is 0.119 e. The Labute approximate surface area is 130 Å². The summed E-state index contributed by atoms with van der Waals surface area (Å²) in [5.41, 5.74) is 3.97. The molecular formula is C18H19N3O. The van der Waals surface area contributed by atoms with Crippen molar-refractivity contribution in [2.24, 2.45) is 0 Å². The van der Waals surface area contributed by atoms with Crippen molar-refractivity contribution in [1.29, 1.82) is 0 Å². The van der Waals surface area contributed by atoms with Crippen molar-refractivity contribution in [3.8, 4) is 22.7 Å². The quantitative estimate of drug-likeness (QED) is 0.729. The lowest BCUT2D eigenvalue weighted by Crippen LogP contribution is -2.05. The fourth-order valence-electron chi connectivity index (χ4n) is 2.38. The van der Waals surface area contributed by atoms with Crippen LogP contribution in [0, 0.1) is 6.92 Å². The second-order valence-corrected chi connectivity index (χ2v) is 5.46. The zero-order chi connectivity index (χ0) is 15.5. The normalized spacial score (nSPS) is 10.9. The van der Waals surface area contributed by atoms with Gasteiger partial charge in [-0.15, -0.1) is 5.10 Å². The van der Waals surface area contributed by atoms with Crippen LogP contribution in [0.5, 0.6) is 5.75 Å². The van der Waals surface area contributed by atoms with E-state index < -0.39 is 0 Å². The van der Waals surface area contributed by atoms with Crippen LogP contribution in [0.25, 0.3) is 16.9 Å². The van der Waals surface area contributed by atoms with Crippen LogP contribution in [0.15, 0.2) is 54.6 Å². The van der Waals surface area contributed by atoms with Gasteiger partial charge in [0, 0.05) is 5.56 Å². The predicted molar refractivity (Wildman–Crippen MR) is 87.3 cm³/mol. The maximum absolute atomic E-state index is 5.66. The Balaban J connectivity index is 1.91. The van der Waals surface area contributed by atoms with Crippen molar-refractivity contribution in [1.82, 2.24) is 15.0 Å². The van der Waals surface area contributed by atoms with Gasteiger partial charge >= 0.3 is 0 Å². The van der Waals surface area contributed by atoms with Gasteiger partial charge in [-0.3, -0.25) is 0 Å². The number of benzene rings is 2. The third kappa shape index (κ3) is 2.86. The first-order valence-corrected chi connectivity index (χ1v) is 7.40. The highest BCUT2D eigenvalue weighted by atomic mass is 16.5. The Morgan fingerprint density at radius 3 is 2.27 bits per heavy atom. The van der Waals surface area contributed by atoms with E-state index in [9.17, 15) is 0 Å². The second-order valence-electron chi connectivity index (χ2n) is 5.46. The van der Waals surface area contributed by atoms with Crippen LogP contribution >= 0.6 is 0 Å². The molecule has 0 aliphatic carbocycles. The molecule has 2 aromatic carbocycles. The van der Waals surface area contributed by atoms with E-state index in [1.54, 1.807) is 0 Å². The summed E-state index contributed by atoms with van der Waals surface area (Å²) in [5.74, 6) is 0.861. The molecule has 0 N–H and O–H groups in total. The lowest BCUT2D eigenvalue weighted by Gasteiger charge is -2.10. The zero-order valence-electron chi connectivity index (χ0n) is 13.0. The number of nitrogens with zero attached hydrogens (tertiary/aromatic N) is 3. The molecule has 1 heterocycles. The van der Waals surface area contributed by atoms with E-state index in [0.717, 1.165) is 28.4 Å². The summed E-state index contributed by atoms with van der Waals surface area (Å²) in [5, 5.41) is 8.59. The molecule has 0 bridgehead atoms. The first kappa shape index (κ1) is 14.3. The summed E-state index contributed by atoms with van der Waals surface area (Å²) in [6.45, 7) is 6.06. The lowest BCUT2D eigenvalue weighted by atomic mass is 10.1. The molecule has 3 rings (SSSR count). The van der Waals surface area contributed by atoms with E-state index in [1.807, 2.05) is 80.1 Å². The molecule has 0 spiro atoms. The summed E-state index contributed by atoms with van der Waals surface area (Å²) < 4.78 is 7.51. The molecule has 0 aliphatic rings. The van der Waals surface area contributed by atoms with Gasteiger partial charge in [-0.2, -0.15) is 0 Å². The van der Waals surface area contributed by atoms with Crippen LogP contribution in [0.3, 0.4) is 0 Å². The largest absolute Gasteiger partial charge is 0.491 e. The molecule has 0 saturated carbocycles. The summed E-state index contributed by atoms with van der Waals surface area (Å²) in [6, 6.07) is 18.0. The molecule has 22 heavy (non-hydrogen) atoms. The van der Waals surface area contributed by atoms with Crippen molar-refractivity contribution in [2.45, 2.75) is 26.9 Å². The molecule has 0 radical (unpaired) electrons. The van der Waals surface area contributed by atoms with E-state index in [4.69, 9.17) is 4.74 Å². The second kappa shape index (κ2) is 6.02. The third-order valence-corrected chi connectivity index (χ3v) is 3.39. The maximum Gasteiger partial charge on any atom is 0.119 e. The summed E-state index contributed by atoms with van der Waals surface area (Å²) in [7, 11) is 0. The number of hydrogen-bond donors (Lipinski definition) is 0. The van der Waals surface area contributed by atoms with Crippen molar-refractivity contribution in [3.05, 3.63) is 60.3 Å². The van der Waals surface area contributed by atoms with E-state index in [-0.39, 0.29) is 6.10 Å². The van der Waals surface area contributed by atoms with Gasteiger partial charge in [0.05, 0.1) is 17.5 Å². The molecule has 0 aliphatic heterocycles. The molecule has 0 unspecified atom stereocenters. The van der Waals surface area contributed by atoms with Gasteiger partial charge in [-0.25, -0.2) is 4.68 Å². The zero-order valence-corrected chi connectivity index (χ0v) is 13.0. The topological polar surface area (TPSA) is 39.9 Å². The number of rotatable bonds is 4. The van der Waals surface area contributed by atoms with Crippen LogP contribution in [0.4, 0.5) is 0 Å². The van der Waals surface area contributed by atoms with E-state index in [0.29, 0.717) is 0 Å². The highest BCUT2D eigenvalue weighted by Crippen LogP contribution is 2.23. The number of aromatic nitrogens is 3. The van der Waals surface area contributed by atoms with E-state index in [1.165, 1.54) is 0 Å². The molecule has 0 fully saturated rings. The van der Waals surface area contributed by atoms with E-state index in [2.05, 4.69) is 10.3 Å². The maximum atomic E-state index is 5.66. The minimum Gasteiger partial charge on any atom is -0.491 e. The molecule has 0 saturated heterocycles. The molecule has 0 atom stereocenters. The molecule has 4 heteroatoms. The first-order chi connectivity index (χ1) is 10.6. The van der Waals surface area contributed by atoms with Gasteiger partial charge in [0.25, 0.3) is 0 Å². The third-order valence-electron chi connectivity index (χ3n) is 3.39. The molecule has 0 amide bonds. The molecule has 3 aromatic rings. The summed E-state index contributed by atoms with van der Waals surface area (Å²) in [4.78, 5) is 0. The molecule has 1 aromatic heterocycles. The summed E-state index contributed by atoms with van der Waals surface area (Å²) >= 11 is 0. The molecule has 112 valence electrons. The molecule has 4 nitrogen and oxygen atoms in total. The highest BCUT2D eigenvalue weighted by molar-refractivity contribution is 5.61. The Morgan fingerprint density at radius 2 is 1.64 bits per heavy atom. The van der Waals surface area contributed by atoms with Crippen molar-refractivity contribution >= 4 is 0 Å². The van der Waals surface area contributed by atoms with Gasteiger partial charge in [0.2, 0.25) is 0 Å². The Hall–Kier alpha value is -2.62. The van der Waals surface area contributed by atoms with Crippen LogP contribution < -0.4 is 4.74 Å². The predicted octanol–water partition coefficient (Wildman–Crippen LogP) is 4.03.